The van der Waals surface area contributed by atoms with E-state index in [0.29, 0.717) is 17.3 Å². The SMILES string of the molecule is O=C(Nc1cccc(Cl)c1)N(Cc1ccccc1)c1ccccc1. The summed E-state index contributed by atoms with van der Waals surface area (Å²) in [5.41, 5.74) is 2.56. The van der Waals surface area contributed by atoms with Gasteiger partial charge in [-0.25, -0.2) is 4.79 Å². The molecule has 3 rings (SSSR count). The van der Waals surface area contributed by atoms with Gasteiger partial charge in [0.2, 0.25) is 0 Å². The number of benzene rings is 3. The summed E-state index contributed by atoms with van der Waals surface area (Å²) in [6, 6.07) is 26.4. The Morgan fingerprint density at radius 2 is 1.54 bits per heavy atom. The largest absolute Gasteiger partial charge is 0.326 e. The number of rotatable bonds is 4. The number of hydrogen-bond donors (Lipinski definition) is 1. The molecule has 0 heterocycles. The van der Waals surface area contributed by atoms with Gasteiger partial charge in [-0.05, 0) is 35.9 Å². The zero-order valence-electron chi connectivity index (χ0n) is 13.0. The fourth-order valence-corrected chi connectivity index (χ4v) is 2.60. The standard InChI is InChI=1S/C20H17ClN2O/c21-17-10-7-11-18(14-17)22-20(24)23(19-12-5-2-6-13-19)15-16-8-3-1-4-9-16/h1-14H,15H2,(H,22,24). The Kier molecular flexibility index (Phi) is 5.14. The lowest BCUT2D eigenvalue weighted by Crippen LogP contribution is -2.34. The van der Waals surface area contributed by atoms with Crippen LogP contribution in [-0.4, -0.2) is 6.03 Å². The van der Waals surface area contributed by atoms with E-state index in [9.17, 15) is 4.79 Å². The first-order valence-electron chi connectivity index (χ1n) is 7.65. The third-order valence-electron chi connectivity index (χ3n) is 3.57. The number of urea groups is 1. The molecule has 0 radical (unpaired) electrons. The summed E-state index contributed by atoms with van der Waals surface area (Å²) in [6.07, 6.45) is 0. The van der Waals surface area contributed by atoms with Crippen molar-refractivity contribution in [1.82, 2.24) is 0 Å². The van der Waals surface area contributed by atoms with Crippen molar-refractivity contribution in [2.45, 2.75) is 6.54 Å². The van der Waals surface area contributed by atoms with Gasteiger partial charge in [0.1, 0.15) is 0 Å². The van der Waals surface area contributed by atoms with Crippen LogP contribution >= 0.6 is 11.6 Å². The maximum absolute atomic E-state index is 12.8. The highest BCUT2D eigenvalue weighted by Gasteiger charge is 2.16. The van der Waals surface area contributed by atoms with Crippen LogP contribution in [0.5, 0.6) is 0 Å². The molecule has 0 bridgehead atoms. The topological polar surface area (TPSA) is 32.3 Å². The third-order valence-corrected chi connectivity index (χ3v) is 3.81. The average molecular weight is 337 g/mol. The average Bonchev–Trinajstić information content (AvgIpc) is 2.61. The fraction of sp³-hybridized carbons (Fsp3) is 0.0500. The molecule has 3 aromatic carbocycles. The lowest BCUT2D eigenvalue weighted by molar-refractivity contribution is 0.256. The molecule has 4 heteroatoms. The van der Waals surface area contributed by atoms with Crippen LogP contribution in [0.15, 0.2) is 84.9 Å². The van der Waals surface area contributed by atoms with Gasteiger partial charge in [0.25, 0.3) is 0 Å². The third kappa shape index (κ3) is 4.15. The van der Waals surface area contributed by atoms with E-state index in [1.165, 1.54) is 0 Å². The van der Waals surface area contributed by atoms with Gasteiger partial charge in [0.05, 0.1) is 6.54 Å². The molecule has 0 saturated carbocycles. The van der Waals surface area contributed by atoms with Gasteiger partial charge >= 0.3 is 6.03 Å². The molecule has 0 unspecified atom stereocenters. The Labute approximate surface area is 146 Å². The molecular weight excluding hydrogens is 320 g/mol. The van der Waals surface area contributed by atoms with E-state index in [-0.39, 0.29) is 6.03 Å². The second-order valence-electron chi connectivity index (χ2n) is 5.35. The molecule has 0 saturated heterocycles. The maximum Gasteiger partial charge on any atom is 0.326 e. The predicted octanol–water partition coefficient (Wildman–Crippen LogP) is 5.58. The number of anilines is 2. The molecule has 3 aromatic rings. The Hall–Kier alpha value is -2.78. The first-order valence-corrected chi connectivity index (χ1v) is 8.03. The van der Waals surface area contributed by atoms with Gasteiger partial charge < -0.3 is 5.32 Å². The normalized spacial score (nSPS) is 10.2. The van der Waals surface area contributed by atoms with Crippen LogP contribution in [0.1, 0.15) is 5.56 Å². The smallest absolute Gasteiger partial charge is 0.307 e. The van der Waals surface area contributed by atoms with Crippen LogP contribution in [0.4, 0.5) is 16.2 Å². The summed E-state index contributed by atoms with van der Waals surface area (Å²) >= 11 is 5.99. The molecule has 0 aromatic heterocycles. The van der Waals surface area contributed by atoms with Crippen molar-refractivity contribution in [3.8, 4) is 0 Å². The minimum absolute atomic E-state index is 0.202. The van der Waals surface area contributed by atoms with Crippen LogP contribution in [0, 0.1) is 0 Å². The molecule has 0 spiro atoms. The van der Waals surface area contributed by atoms with E-state index in [1.54, 1.807) is 17.0 Å². The highest BCUT2D eigenvalue weighted by atomic mass is 35.5. The lowest BCUT2D eigenvalue weighted by atomic mass is 10.2. The van der Waals surface area contributed by atoms with E-state index in [1.807, 2.05) is 72.8 Å². The van der Waals surface area contributed by atoms with E-state index < -0.39 is 0 Å². The molecule has 0 aliphatic heterocycles. The van der Waals surface area contributed by atoms with Gasteiger partial charge in [0, 0.05) is 16.4 Å². The monoisotopic (exact) mass is 336 g/mol. The van der Waals surface area contributed by atoms with Crippen LogP contribution in [-0.2, 0) is 6.54 Å². The van der Waals surface area contributed by atoms with Crippen molar-refractivity contribution in [3.05, 3.63) is 95.5 Å². The molecule has 2 amide bonds. The van der Waals surface area contributed by atoms with Crippen LogP contribution in [0.25, 0.3) is 0 Å². The molecule has 0 aliphatic rings. The predicted molar refractivity (Wildman–Crippen MR) is 99.5 cm³/mol. The second-order valence-corrected chi connectivity index (χ2v) is 5.78. The molecule has 0 fully saturated rings. The van der Waals surface area contributed by atoms with Crippen LogP contribution in [0.2, 0.25) is 5.02 Å². The fourth-order valence-electron chi connectivity index (χ4n) is 2.41. The van der Waals surface area contributed by atoms with Crippen molar-refractivity contribution in [2.24, 2.45) is 0 Å². The van der Waals surface area contributed by atoms with E-state index in [4.69, 9.17) is 11.6 Å². The van der Waals surface area contributed by atoms with Gasteiger partial charge in [-0.3, -0.25) is 4.90 Å². The number of carbonyl (C=O) groups is 1. The zero-order chi connectivity index (χ0) is 16.8. The summed E-state index contributed by atoms with van der Waals surface area (Å²) < 4.78 is 0. The Morgan fingerprint density at radius 3 is 2.21 bits per heavy atom. The summed E-state index contributed by atoms with van der Waals surface area (Å²) in [5, 5.41) is 3.49. The van der Waals surface area contributed by atoms with E-state index in [2.05, 4.69) is 5.32 Å². The van der Waals surface area contributed by atoms with Crippen molar-refractivity contribution >= 4 is 29.0 Å². The quantitative estimate of drug-likeness (QED) is 0.662. The van der Waals surface area contributed by atoms with Crippen molar-refractivity contribution in [3.63, 3.8) is 0 Å². The van der Waals surface area contributed by atoms with E-state index >= 15 is 0 Å². The van der Waals surface area contributed by atoms with Gasteiger partial charge in [-0.2, -0.15) is 0 Å². The summed E-state index contributed by atoms with van der Waals surface area (Å²) in [5.74, 6) is 0. The molecule has 3 nitrogen and oxygen atoms in total. The molecule has 120 valence electrons. The van der Waals surface area contributed by atoms with E-state index in [0.717, 1.165) is 11.3 Å². The van der Waals surface area contributed by atoms with Crippen LogP contribution in [0.3, 0.4) is 0 Å². The number of nitrogens with zero attached hydrogens (tertiary/aromatic N) is 1. The number of nitrogens with one attached hydrogen (secondary N) is 1. The van der Waals surface area contributed by atoms with Crippen molar-refractivity contribution < 1.29 is 4.79 Å². The number of hydrogen-bond acceptors (Lipinski definition) is 1. The highest BCUT2D eigenvalue weighted by Crippen LogP contribution is 2.20. The molecule has 0 aliphatic carbocycles. The summed E-state index contributed by atoms with van der Waals surface area (Å²) in [6.45, 7) is 0.483. The molecule has 1 N–H and O–H groups in total. The number of amides is 2. The number of halogens is 1. The van der Waals surface area contributed by atoms with Gasteiger partial charge in [-0.15, -0.1) is 0 Å². The molecule has 24 heavy (non-hydrogen) atoms. The minimum atomic E-state index is -0.202. The Bertz CT molecular complexity index is 806. The van der Waals surface area contributed by atoms with Gasteiger partial charge in [-0.1, -0.05) is 66.2 Å². The Balaban J connectivity index is 1.85. The second kappa shape index (κ2) is 7.66. The van der Waals surface area contributed by atoms with Crippen molar-refractivity contribution in [1.29, 1.82) is 0 Å². The summed E-state index contributed by atoms with van der Waals surface area (Å²) in [4.78, 5) is 14.5. The first-order chi connectivity index (χ1) is 11.7. The summed E-state index contributed by atoms with van der Waals surface area (Å²) in [7, 11) is 0. The van der Waals surface area contributed by atoms with Gasteiger partial charge in [0.15, 0.2) is 0 Å². The first kappa shape index (κ1) is 16.1. The highest BCUT2D eigenvalue weighted by molar-refractivity contribution is 6.30. The number of carbonyl (C=O) groups excluding carboxylic acids is 1. The number of para-hydroxylation sites is 1. The van der Waals surface area contributed by atoms with Crippen LogP contribution < -0.4 is 10.2 Å². The zero-order valence-corrected chi connectivity index (χ0v) is 13.8. The maximum atomic E-state index is 12.8. The molecule has 0 atom stereocenters. The Morgan fingerprint density at radius 1 is 0.875 bits per heavy atom. The minimum Gasteiger partial charge on any atom is -0.307 e. The lowest BCUT2D eigenvalue weighted by Gasteiger charge is -2.23. The van der Waals surface area contributed by atoms with Crippen molar-refractivity contribution in [2.75, 3.05) is 10.2 Å². The molecular formula is C20H17ClN2O.